The zero-order valence-electron chi connectivity index (χ0n) is 16.9. The Balaban J connectivity index is 1.39. The Morgan fingerprint density at radius 3 is 2.33 bits per heavy atom. The van der Waals surface area contributed by atoms with Gasteiger partial charge in [-0.05, 0) is 49.7 Å². The fourth-order valence-corrected chi connectivity index (χ4v) is 3.79. The van der Waals surface area contributed by atoms with Crippen molar-refractivity contribution in [2.75, 3.05) is 26.7 Å². The van der Waals surface area contributed by atoms with Crippen LogP contribution < -0.4 is 18.9 Å². The van der Waals surface area contributed by atoms with E-state index in [1.165, 1.54) is 0 Å². The molecule has 0 N–H and O–H groups in total. The molecular weight excluding hydrogens is 390 g/mol. The molecule has 158 valence electrons. The normalized spacial score (nSPS) is 20.4. The highest BCUT2D eigenvalue weighted by atomic mass is 16.7. The minimum atomic E-state index is -0.656. The zero-order chi connectivity index (χ0) is 20.7. The van der Waals surface area contributed by atoms with Crippen molar-refractivity contribution < 1.29 is 33.2 Å². The summed E-state index contributed by atoms with van der Waals surface area (Å²) in [6.07, 6.45) is -0.216. The van der Waals surface area contributed by atoms with E-state index in [-0.39, 0.29) is 25.6 Å². The van der Waals surface area contributed by atoms with Crippen LogP contribution in [0.1, 0.15) is 29.8 Å². The number of rotatable bonds is 5. The van der Waals surface area contributed by atoms with Crippen LogP contribution in [0.4, 0.5) is 0 Å². The Labute approximate surface area is 174 Å². The van der Waals surface area contributed by atoms with Crippen LogP contribution in [0.25, 0.3) is 0 Å². The number of nitrogens with zero attached hydrogens (tertiary/aromatic N) is 1. The number of hydrogen-bond acceptors (Lipinski definition) is 7. The van der Waals surface area contributed by atoms with Crippen LogP contribution in [0, 0.1) is 0 Å². The lowest BCUT2D eigenvalue weighted by Gasteiger charge is -2.26. The first-order valence-electron chi connectivity index (χ1n) is 9.86. The van der Waals surface area contributed by atoms with Gasteiger partial charge in [0, 0.05) is 18.7 Å². The minimum Gasteiger partial charge on any atom is -0.454 e. The van der Waals surface area contributed by atoms with Crippen molar-refractivity contribution in [1.82, 2.24) is 4.90 Å². The Kier molecular flexibility index (Phi) is 4.67. The fourth-order valence-electron chi connectivity index (χ4n) is 3.79. The molecule has 8 heteroatoms. The van der Waals surface area contributed by atoms with Gasteiger partial charge in [0.25, 0.3) is 5.91 Å². The Morgan fingerprint density at radius 1 is 0.967 bits per heavy atom. The molecule has 8 nitrogen and oxygen atoms in total. The van der Waals surface area contributed by atoms with Gasteiger partial charge in [0.2, 0.25) is 13.6 Å². The summed E-state index contributed by atoms with van der Waals surface area (Å²) in [7, 11) is 0. The molecule has 3 aliphatic rings. The Bertz CT molecular complexity index is 974. The molecule has 3 heterocycles. The van der Waals surface area contributed by atoms with Crippen LogP contribution in [0.3, 0.4) is 0 Å². The van der Waals surface area contributed by atoms with Crippen LogP contribution >= 0.6 is 0 Å². The second kappa shape index (κ2) is 7.37. The summed E-state index contributed by atoms with van der Waals surface area (Å²) in [5.41, 5.74) is 1.46. The lowest BCUT2D eigenvalue weighted by Crippen LogP contribution is -2.38. The average molecular weight is 413 g/mol. The standard InChI is InChI=1S/C22H23NO7/c1-22(2)29-11-16(30-22)10-23(9-14-3-5-17-19(7-14)27-12-25-17)21(24)15-4-6-18-20(8-15)28-13-26-18/h3-8,16H,9-13H2,1-2H3/t16-/m1/s1. The predicted molar refractivity (Wildman–Crippen MR) is 105 cm³/mol. The van der Waals surface area contributed by atoms with E-state index in [0.717, 1.165) is 5.56 Å². The summed E-state index contributed by atoms with van der Waals surface area (Å²) in [5, 5.41) is 0. The van der Waals surface area contributed by atoms with Gasteiger partial charge in [0.1, 0.15) is 6.10 Å². The fraction of sp³-hybridized carbons (Fsp3) is 0.409. The van der Waals surface area contributed by atoms with Gasteiger partial charge < -0.3 is 33.3 Å². The van der Waals surface area contributed by atoms with Crippen molar-refractivity contribution in [2.24, 2.45) is 0 Å². The van der Waals surface area contributed by atoms with E-state index in [4.69, 9.17) is 28.4 Å². The van der Waals surface area contributed by atoms with Crippen molar-refractivity contribution in [1.29, 1.82) is 0 Å². The molecule has 0 saturated carbocycles. The van der Waals surface area contributed by atoms with Gasteiger partial charge in [-0.3, -0.25) is 4.79 Å². The molecule has 1 amide bonds. The maximum Gasteiger partial charge on any atom is 0.254 e. The van der Waals surface area contributed by atoms with Crippen LogP contribution in [0.2, 0.25) is 0 Å². The number of amides is 1. The van der Waals surface area contributed by atoms with Crippen molar-refractivity contribution >= 4 is 5.91 Å². The lowest BCUT2D eigenvalue weighted by molar-refractivity contribution is -0.139. The molecule has 1 atom stereocenters. The monoisotopic (exact) mass is 413 g/mol. The van der Waals surface area contributed by atoms with E-state index >= 15 is 0 Å². The number of hydrogen-bond donors (Lipinski definition) is 0. The summed E-state index contributed by atoms with van der Waals surface area (Å²) in [4.78, 5) is 15.2. The molecule has 0 spiro atoms. The summed E-state index contributed by atoms with van der Waals surface area (Å²) >= 11 is 0. The summed E-state index contributed by atoms with van der Waals surface area (Å²) < 4.78 is 33.3. The van der Waals surface area contributed by atoms with Gasteiger partial charge in [-0.15, -0.1) is 0 Å². The van der Waals surface area contributed by atoms with Crippen molar-refractivity contribution in [3.8, 4) is 23.0 Å². The third kappa shape index (κ3) is 3.76. The summed E-state index contributed by atoms with van der Waals surface area (Å²) in [6.45, 7) is 5.33. The number of carbonyl (C=O) groups excluding carboxylic acids is 1. The molecule has 2 aromatic rings. The molecule has 0 aliphatic carbocycles. The van der Waals surface area contributed by atoms with Gasteiger partial charge in [0.15, 0.2) is 28.8 Å². The third-order valence-electron chi connectivity index (χ3n) is 5.21. The number of carbonyl (C=O) groups is 1. The molecule has 0 radical (unpaired) electrons. The van der Waals surface area contributed by atoms with E-state index in [0.29, 0.717) is 48.3 Å². The second-order valence-electron chi connectivity index (χ2n) is 7.89. The molecule has 1 saturated heterocycles. The third-order valence-corrected chi connectivity index (χ3v) is 5.21. The number of benzene rings is 2. The molecular formula is C22H23NO7. The van der Waals surface area contributed by atoms with Crippen LogP contribution in [-0.2, 0) is 16.0 Å². The molecule has 1 fully saturated rings. The quantitative estimate of drug-likeness (QED) is 0.746. The van der Waals surface area contributed by atoms with Crippen molar-refractivity contribution in [3.05, 3.63) is 47.5 Å². The lowest BCUT2D eigenvalue weighted by atomic mass is 10.1. The summed E-state index contributed by atoms with van der Waals surface area (Å²) in [5.74, 6) is 1.83. The number of ether oxygens (including phenoxy) is 6. The van der Waals surface area contributed by atoms with Gasteiger partial charge in [-0.2, -0.15) is 0 Å². The van der Waals surface area contributed by atoms with E-state index in [1.54, 1.807) is 23.1 Å². The largest absolute Gasteiger partial charge is 0.454 e. The molecule has 3 aliphatic heterocycles. The van der Waals surface area contributed by atoms with Gasteiger partial charge >= 0.3 is 0 Å². The zero-order valence-corrected chi connectivity index (χ0v) is 16.9. The van der Waals surface area contributed by atoms with Crippen LogP contribution in [-0.4, -0.2) is 49.4 Å². The van der Waals surface area contributed by atoms with Crippen molar-refractivity contribution in [2.45, 2.75) is 32.3 Å². The Hall–Kier alpha value is -2.97. The number of fused-ring (bicyclic) bond motifs is 2. The highest BCUT2D eigenvalue weighted by Crippen LogP contribution is 2.35. The van der Waals surface area contributed by atoms with Gasteiger partial charge in [-0.25, -0.2) is 0 Å². The average Bonchev–Trinajstić information content (AvgIpc) is 3.45. The van der Waals surface area contributed by atoms with Gasteiger partial charge in [0.05, 0.1) is 6.61 Å². The van der Waals surface area contributed by atoms with E-state index in [1.807, 2.05) is 32.0 Å². The van der Waals surface area contributed by atoms with Gasteiger partial charge in [-0.1, -0.05) is 6.07 Å². The molecule has 0 unspecified atom stereocenters. The molecule has 2 aromatic carbocycles. The van der Waals surface area contributed by atoms with Crippen molar-refractivity contribution in [3.63, 3.8) is 0 Å². The maximum absolute atomic E-state index is 13.4. The van der Waals surface area contributed by atoms with E-state index in [9.17, 15) is 4.79 Å². The molecule has 0 bridgehead atoms. The maximum atomic E-state index is 13.4. The highest BCUT2D eigenvalue weighted by molar-refractivity contribution is 5.95. The molecule has 0 aromatic heterocycles. The highest BCUT2D eigenvalue weighted by Gasteiger charge is 2.35. The van der Waals surface area contributed by atoms with Crippen LogP contribution in [0.15, 0.2) is 36.4 Å². The SMILES string of the molecule is CC1(C)OC[C@@H](CN(Cc2ccc3c(c2)OCO3)C(=O)c2ccc3c(c2)OCO3)O1. The first kappa shape index (κ1) is 19.0. The first-order valence-corrected chi connectivity index (χ1v) is 9.86. The van der Waals surface area contributed by atoms with E-state index < -0.39 is 5.79 Å². The van der Waals surface area contributed by atoms with Crippen LogP contribution in [0.5, 0.6) is 23.0 Å². The van der Waals surface area contributed by atoms with E-state index in [2.05, 4.69) is 0 Å². The Morgan fingerprint density at radius 2 is 1.63 bits per heavy atom. The predicted octanol–water partition coefficient (Wildman–Crippen LogP) is 2.94. The first-order chi connectivity index (χ1) is 14.5. The molecule has 5 rings (SSSR count). The summed E-state index contributed by atoms with van der Waals surface area (Å²) in [6, 6.07) is 10.9. The minimum absolute atomic E-state index is 0.126. The topological polar surface area (TPSA) is 75.7 Å². The second-order valence-corrected chi connectivity index (χ2v) is 7.89. The molecule has 30 heavy (non-hydrogen) atoms. The smallest absolute Gasteiger partial charge is 0.254 e.